The standard InChI is InChI=1S/C11H11BrN2O/c1-3-7(2)15-10-6-9(12)13-11(14-10)8-4-5-8/h1,6-8H,4-5H2,2H3. The fourth-order valence-electron chi connectivity index (χ4n) is 1.21. The SMILES string of the molecule is C#CC(C)Oc1cc(Br)nc(C2CC2)n1. The van der Waals surface area contributed by atoms with Gasteiger partial charge in [0.2, 0.25) is 5.88 Å². The minimum atomic E-state index is -0.265. The van der Waals surface area contributed by atoms with Crippen molar-refractivity contribution in [2.75, 3.05) is 0 Å². The van der Waals surface area contributed by atoms with Crippen molar-refractivity contribution in [2.45, 2.75) is 31.8 Å². The molecule has 1 aromatic rings. The predicted molar refractivity (Wildman–Crippen MR) is 60.6 cm³/mol. The molecule has 0 radical (unpaired) electrons. The van der Waals surface area contributed by atoms with Crippen molar-refractivity contribution in [3.8, 4) is 18.2 Å². The quantitative estimate of drug-likeness (QED) is 0.623. The molecule has 15 heavy (non-hydrogen) atoms. The molecule has 3 nitrogen and oxygen atoms in total. The van der Waals surface area contributed by atoms with Gasteiger partial charge in [0.05, 0.1) is 0 Å². The molecule has 1 aliphatic carbocycles. The Labute approximate surface area is 97.4 Å². The monoisotopic (exact) mass is 266 g/mol. The van der Waals surface area contributed by atoms with Crippen LogP contribution in [0.3, 0.4) is 0 Å². The van der Waals surface area contributed by atoms with Gasteiger partial charge in [-0.3, -0.25) is 0 Å². The molecule has 2 rings (SSSR count). The Morgan fingerprint density at radius 3 is 2.93 bits per heavy atom. The van der Waals surface area contributed by atoms with Gasteiger partial charge in [0.25, 0.3) is 0 Å². The number of aromatic nitrogens is 2. The van der Waals surface area contributed by atoms with Gasteiger partial charge in [-0.25, -0.2) is 4.98 Å². The number of hydrogen-bond donors (Lipinski definition) is 0. The van der Waals surface area contributed by atoms with Gasteiger partial charge in [-0.05, 0) is 35.7 Å². The molecule has 4 heteroatoms. The van der Waals surface area contributed by atoms with Crippen LogP contribution in [0.15, 0.2) is 10.7 Å². The van der Waals surface area contributed by atoms with Crippen LogP contribution in [-0.2, 0) is 0 Å². The van der Waals surface area contributed by atoms with Crippen LogP contribution < -0.4 is 4.74 Å². The Hall–Kier alpha value is -1.08. The van der Waals surface area contributed by atoms with Crippen molar-refractivity contribution in [1.82, 2.24) is 9.97 Å². The number of nitrogens with zero attached hydrogens (tertiary/aromatic N) is 2. The van der Waals surface area contributed by atoms with Gasteiger partial charge in [0, 0.05) is 12.0 Å². The molecule has 0 bridgehead atoms. The van der Waals surface area contributed by atoms with E-state index in [-0.39, 0.29) is 6.10 Å². The van der Waals surface area contributed by atoms with Crippen molar-refractivity contribution in [1.29, 1.82) is 0 Å². The maximum absolute atomic E-state index is 5.45. The molecule has 78 valence electrons. The summed E-state index contributed by atoms with van der Waals surface area (Å²) in [5.74, 6) is 4.40. The lowest BCUT2D eigenvalue weighted by molar-refractivity contribution is 0.266. The number of rotatable bonds is 3. The first-order valence-corrected chi connectivity index (χ1v) is 5.65. The summed E-state index contributed by atoms with van der Waals surface area (Å²) >= 11 is 3.34. The molecule has 1 aromatic heterocycles. The average molecular weight is 267 g/mol. The third-order valence-electron chi connectivity index (χ3n) is 2.16. The van der Waals surface area contributed by atoms with E-state index in [2.05, 4.69) is 31.8 Å². The molecule has 1 aliphatic rings. The average Bonchev–Trinajstić information content (AvgIpc) is 2.99. The fraction of sp³-hybridized carbons (Fsp3) is 0.455. The first kappa shape index (κ1) is 10.4. The first-order valence-electron chi connectivity index (χ1n) is 4.86. The molecule has 0 saturated heterocycles. The third kappa shape index (κ3) is 2.69. The highest BCUT2D eigenvalue weighted by Gasteiger charge is 2.27. The Bertz CT molecular complexity index is 410. The summed E-state index contributed by atoms with van der Waals surface area (Å²) in [6, 6.07) is 1.74. The van der Waals surface area contributed by atoms with Gasteiger partial charge < -0.3 is 4.74 Å². The van der Waals surface area contributed by atoms with Crippen molar-refractivity contribution in [2.24, 2.45) is 0 Å². The van der Waals surface area contributed by atoms with Crippen molar-refractivity contribution in [3.05, 3.63) is 16.5 Å². The van der Waals surface area contributed by atoms with Crippen LogP contribution in [0.1, 0.15) is 31.5 Å². The van der Waals surface area contributed by atoms with E-state index in [4.69, 9.17) is 11.2 Å². The molecule has 0 aliphatic heterocycles. The van der Waals surface area contributed by atoms with Crippen LogP contribution >= 0.6 is 15.9 Å². The van der Waals surface area contributed by atoms with Gasteiger partial charge in [-0.2, -0.15) is 4.98 Å². The second-order valence-electron chi connectivity index (χ2n) is 3.59. The van der Waals surface area contributed by atoms with Gasteiger partial charge in [0.15, 0.2) is 6.10 Å². The molecule has 1 saturated carbocycles. The summed E-state index contributed by atoms with van der Waals surface area (Å²) in [6.07, 6.45) is 7.31. The van der Waals surface area contributed by atoms with E-state index in [1.165, 1.54) is 12.8 Å². The number of hydrogen-bond acceptors (Lipinski definition) is 3. The van der Waals surface area contributed by atoms with E-state index in [9.17, 15) is 0 Å². The molecule has 1 unspecified atom stereocenters. The lowest BCUT2D eigenvalue weighted by Crippen LogP contribution is -2.10. The Kier molecular flexibility index (Phi) is 2.92. The summed E-state index contributed by atoms with van der Waals surface area (Å²) in [6.45, 7) is 1.81. The zero-order chi connectivity index (χ0) is 10.8. The molecular formula is C11H11BrN2O. The van der Waals surface area contributed by atoms with Gasteiger partial charge in [0.1, 0.15) is 10.4 Å². The summed E-state index contributed by atoms with van der Waals surface area (Å²) in [5, 5.41) is 0. The normalized spacial score (nSPS) is 16.9. The Balaban J connectivity index is 2.20. The lowest BCUT2D eigenvalue weighted by atomic mass is 10.4. The molecule has 0 amide bonds. The number of terminal acetylenes is 1. The molecule has 0 aromatic carbocycles. The van der Waals surface area contributed by atoms with Crippen LogP contribution in [0.25, 0.3) is 0 Å². The van der Waals surface area contributed by atoms with Gasteiger partial charge in [-0.15, -0.1) is 6.42 Å². The topological polar surface area (TPSA) is 35.0 Å². The molecule has 0 spiro atoms. The molecule has 1 heterocycles. The lowest BCUT2D eigenvalue weighted by Gasteiger charge is -2.09. The van der Waals surface area contributed by atoms with Crippen LogP contribution in [0.5, 0.6) is 5.88 Å². The Morgan fingerprint density at radius 2 is 2.33 bits per heavy atom. The van der Waals surface area contributed by atoms with E-state index in [1.807, 2.05) is 6.92 Å². The fourth-order valence-corrected chi connectivity index (χ4v) is 1.59. The van der Waals surface area contributed by atoms with Crippen molar-refractivity contribution < 1.29 is 4.74 Å². The van der Waals surface area contributed by atoms with Gasteiger partial charge >= 0.3 is 0 Å². The Morgan fingerprint density at radius 1 is 1.60 bits per heavy atom. The zero-order valence-electron chi connectivity index (χ0n) is 8.40. The van der Waals surface area contributed by atoms with E-state index in [1.54, 1.807) is 6.07 Å². The van der Waals surface area contributed by atoms with E-state index in [0.717, 1.165) is 10.4 Å². The number of halogens is 1. The molecule has 1 atom stereocenters. The minimum Gasteiger partial charge on any atom is -0.461 e. The van der Waals surface area contributed by atoms with Crippen molar-refractivity contribution >= 4 is 15.9 Å². The summed E-state index contributed by atoms with van der Waals surface area (Å²) in [4.78, 5) is 8.63. The maximum atomic E-state index is 5.45. The first-order chi connectivity index (χ1) is 7.19. The highest BCUT2D eigenvalue weighted by Crippen LogP contribution is 2.39. The van der Waals surface area contributed by atoms with E-state index < -0.39 is 0 Å². The zero-order valence-corrected chi connectivity index (χ0v) is 9.99. The van der Waals surface area contributed by atoms with Crippen molar-refractivity contribution in [3.63, 3.8) is 0 Å². The molecule has 1 fully saturated rings. The second kappa shape index (κ2) is 4.19. The highest BCUT2D eigenvalue weighted by molar-refractivity contribution is 9.10. The third-order valence-corrected chi connectivity index (χ3v) is 2.57. The largest absolute Gasteiger partial charge is 0.461 e. The molecule has 0 N–H and O–H groups in total. The summed E-state index contributed by atoms with van der Waals surface area (Å²) in [5.41, 5.74) is 0. The van der Waals surface area contributed by atoms with Gasteiger partial charge in [-0.1, -0.05) is 5.92 Å². The van der Waals surface area contributed by atoms with E-state index >= 15 is 0 Å². The van der Waals surface area contributed by atoms with Crippen LogP contribution in [0.2, 0.25) is 0 Å². The summed E-state index contributed by atoms with van der Waals surface area (Å²) in [7, 11) is 0. The van der Waals surface area contributed by atoms with E-state index in [0.29, 0.717) is 11.8 Å². The van der Waals surface area contributed by atoms with Crippen LogP contribution in [-0.4, -0.2) is 16.1 Å². The molecular weight excluding hydrogens is 256 g/mol. The second-order valence-corrected chi connectivity index (χ2v) is 4.40. The summed E-state index contributed by atoms with van der Waals surface area (Å²) < 4.78 is 6.19. The van der Waals surface area contributed by atoms with Crippen LogP contribution in [0.4, 0.5) is 0 Å². The smallest absolute Gasteiger partial charge is 0.218 e. The minimum absolute atomic E-state index is 0.265. The predicted octanol–water partition coefficient (Wildman–Crippen LogP) is 2.52. The highest BCUT2D eigenvalue weighted by atomic mass is 79.9. The number of ether oxygens (including phenoxy) is 1. The maximum Gasteiger partial charge on any atom is 0.218 e. The van der Waals surface area contributed by atoms with Crippen LogP contribution in [0, 0.1) is 12.3 Å².